The highest BCUT2D eigenvalue weighted by Crippen LogP contribution is 2.17. The van der Waals surface area contributed by atoms with Crippen molar-refractivity contribution in [3.63, 3.8) is 0 Å². The normalized spacial score (nSPS) is 16.7. The van der Waals surface area contributed by atoms with Crippen molar-refractivity contribution >= 4 is 0 Å². The van der Waals surface area contributed by atoms with Gasteiger partial charge in [-0.15, -0.1) is 0 Å². The second-order valence-corrected chi connectivity index (χ2v) is 18.7. The summed E-state index contributed by atoms with van der Waals surface area (Å²) >= 11 is 0. The number of allylic oxidation sites excluding steroid dienone is 4. The first-order chi connectivity index (χ1) is 28.3. The maximum atomic E-state index is 5.58. The van der Waals surface area contributed by atoms with Gasteiger partial charge in [0.2, 0.25) is 0 Å². The molecule has 0 aromatic carbocycles. The molecule has 0 saturated carbocycles. The zero-order chi connectivity index (χ0) is 40.4. The van der Waals surface area contributed by atoms with E-state index in [2.05, 4.69) is 36.7 Å². The zero-order valence-electron chi connectivity index (χ0n) is 38.4. The van der Waals surface area contributed by atoms with Crippen LogP contribution in [0.4, 0.5) is 0 Å². The minimum Gasteiger partial charge on any atom is -0.330 e. The van der Waals surface area contributed by atoms with Crippen LogP contribution >= 0.6 is 0 Å². The Kier molecular flexibility index (Phi) is 37.8. The number of quaternary nitrogens is 2. The molecular formula is C53H102N4+2. The molecule has 0 fully saturated rings. The number of rotatable bonds is 44. The first kappa shape index (κ1) is 51.9. The van der Waals surface area contributed by atoms with E-state index >= 15 is 0 Å². The highest BCUT2D eigenvalue weighted by Gasteiger charge is 2.12. The second-order valence-electron chi connectivity index (χ2n) is 18.7. The molecule has 0 radical (unpaired) electrons. The maximum Gasteiger partial charge on any atom is 0.103 e. The molecule has 57 heavy (non-hydrogen) atoms. The predicted molar refractivity (Wildman–Crippen MR) is 254 cm³/mol. The third kappa shape index (κ3) is 34.2. The van der Waals surface area contributed by atoms with Gasteiger partial charge in [0.15, 0.2) is 0 Å². The molecule has 2 rings (SSSR count). The lowest BCUT2D eigenvalue weighted by molar-refractivity contribution is -0.842. The molecule has 4 heteroatoms. The standard InChI is InChI=1S/C53H100N4/c54-44-34-28-22-16-10-4-1-2-6-12-18-24-30-36-46-56-48-38-42-52(50-56)40-32-26-20-14-8-9-15-21-27-33-41-53-43-39-49-57(51-53)47-37-31-25-19-13-7-3-5-11-17-23-29-35-45-55/h38-39,42-43,48,51H,1-37,40-41,44-47,49-50,54-55H2/p+2. The van der Waals surface area contributed by atoms with Crippen molar-refractivity contribution in [2.24, 2.45) is 11.5 Å². The predicted octanol–water partition coefficient (Wildman–Crippen LogP) is 12.8. The van der Waals surface area contributed by atoms with E-state index in [1.807, 2.05) is 0 Å². The Morgan fingerprint density at radius 3 is 1.16 bits per heavy atom. The fraction of sp³-hybridized carbons (Fsp3) is 0.849. The number of hydrogen-bond acceptors (Lipinski definition) is 2. The third-order valence-corrected chi connectivity index (χ3v) is 13.1. The molecule has 2 aliphatic rings. The van der Waals surface area contributed by atoms with Crippen LogP contribution in [0.3, 0.4) is 0 Å². The van der Waals surface area contributed by atoms with Crippen LogP contribution in [0.15, 0.2) is 47.9 Å². The topological polar surface area (TPSA) is 60.9 Å². The number of unbranched alkanes of at least 4 members (excludes halogenated alkanes) is 34. The molecule has 0 aliphatic carbocycles. The van der Waals surface area contributed by atoms with Crippen LogP contribution in [-0.4, -0.2) is 39.3 Å². The molecule has 0 amide bonds. The van der Waals surface area contributed by atoms with Gasteiger partial charge in [0.05, 0.1) is 25.5 Å². The third-order valence-electron chi connectivity index (χ3n) is 13.1. The van der Waals surface area contributed by atoms with E-state index in [4.69, 9.17) is 11.5 Å². The average Bonchev–Trinajstić information content (AvgIpc) is 3.23. The Bertz CT molecular complexity index is 966. The Morgan fingerprint density at radius 1 is 0.386 bits per heavy atom. The zero-order valence-corrected chi connectivity index (χ0v) is 38.4. The van der Waals surface area contributed by atoms with Crippen molar-refractivity contribution in [3.05, 3.63) is 47.9 Å². The van der Waals surface area contributed by atoms with Gasteiger partial charge >= 0.3 is 0 Å². The van der Waals surface area contributed by atoms with Gasteiger partial charge in [-0.3, -0.25) is 0 Å². The van der Waals surface area contributed by atoms with Crippen molar-refractivity contribution < 1.29 is 9.80 Å². The summed E-state index contributed by atoms with van der Waals surface area (Å²) in [6.45, 7) is 6.84. The molecule has 0 aromatic rings. The summed E-state index contributed by atoms with van der Waals surface area (Å²) in [4.78, 5) is 3.39. The average molecular weight is 795 g/mol. The van der Waals surface area contributed by atoms with Gasteiger partial charge in [0.1, 0.15) is 13.1 Å². The lowest BCUT2D eigenvalue weighted by Gasteiger charge is -2.19. The quantitative estimate of drug-likeness (QED) is 0.0464. The summed E-state index contributed by atoms with van der Waals surface area (Å²) < 4.78 is 0. The first-order valence-electron chi connectivity index (χ1n) is 26.1. The Balaban J connectivity index is 1.29. The van der Waals surface area contributed by atoms with Crippen LogP contribution in [-0.2, 0) is 0 Å². The summed E-state index contributed by atoms with van der Waals surface area (Å²) in [5.41, 5.74) is 14.5. The second kappa shape index (κ2) is 41.5. The summed E-state index contributed by atoms with van der Waals surface area (Å²) in [6, 6.07) is 0. The van der Waals surface area contributed by atoms with Crippen LogP contribution in [0.1, 0.15) is 250 Å². The molecule has 0 spiro atoms. The van der Waals surface area contributed by atoms with Gasteiger partial charge in [0.25, 0.3) is 0 Å². The van der Waals surface area contributed by atoms with Crippen molar-refractivity contribution in [1.29, 1.82) is 0 Å². The van der Waals surface area contributed by atoms with Crippen molar-refractivity contribution in [3.8, 4) is 0 Å². The number of nitrogens with one attached hydrogen (secondary N) is 2. The van der Waals surface area contributed by atoms with Crippen molar-refractivity contribution in [2.45, 2.75) is 250 Å². The number of nitrogens with two attached hydrogens (primary N) is 2. The molecule has 4 nitrogen and oxygen atoms in total. The van der Waals surface area contributed by atoms with Crippen molar-refractivity contribution in [1.82, 2.24) is 0 Å². The lowest BCUT2D eigenvalue weighted by Crippen LogP contribution is -3.08. The fourth-order valence-corrected chi connectivity index (χ4v) is 9.29. The van der Waals surface area contributed by atoms with Gasteiger partial charge in [-0.05, 0) is 95.0 Å². The van der Waals surface area contributed by atoms with E-state index in [9.17, 15) is 0 Å². The van der Waals surface area contributed by atoms with Crippen molar-refractivity contribution in [2.75, 3.05) is 39.3 Å². The van der Waals surface area contributed by atoms with Crippen LogP contribution in [0.5, 0.6) is 0 Å². The van der Waals surface area contributed by atoms with E-state index < -0.39 is 0 Å². The monoisotopic (exact) mass is 795 g/mol. The van der Waals surface area contributed by atoms with E-state index in [1.54, 1.807) is 20.9 Å². The Morgan fingerprint density at radius 2 is 0.737 bits per heavy atom. The van der Waals surface area contributed by atoms with Crippen LogP contribution < -0.4 is 21.3 Å². The molecule has 2 aliphatic heterocycles. The molecule has 0 aromatic heterocycles. The highest BCUT2D eigenvalue weighted by atomic mass is 15.1. The van der Waals surface area contributed by atoms with E-state index in [0.29, 0.717) is 0 Å². The molecule has 0 saturated heterocycles. The van der Waals surface area contributed by atoms with Gasteiger partial charge < -0.3 is 21.3 Å². The van der Waals surface area contributed by atoms with Gasteiger partial charge in [0, 0.05) is 5.57 Å². The SMILES string of the molecule is NCCCCCCCCCCCCCCCC[NH+]1C=CC=C(CCCCCCCCCCCCC2=C[NH+](CCCCCCCCCCCCCCCN)CC=C2)C1. The van der Waals surface area contributed by atoms with Gasteiger partial charge in [-0.1, -0.05) is 198 Å². The summed E-state index contributed by atoms with van der Waals surface area (Å²) in [5, 5.41) is 0. The van der Waals surface area contributed by atoms with E-state index in [1.165, 1.54) is 277 Å². The number of hydrogen-bond donors (Lipinski definition) is 4. The largest absolute Gasteiger partial charge is 0.330 e. The Labute approximate surface area is 357 Å². The summed E-state index contributed by atoms with van der Waals surface area (Å²) in [6.07, 6.45) is 69.5. The van der Waals surface area contributed by atoms with Crippen LogP contribution in [0, 0.1) is 0 Å². The van der Waals surface area contributed by atoms with Gasteiger partial charge in [-0.2, -0.15) is 0 Å². The molecule has 332 valence electrons. The van der Waals surface area contributed by atoms with Crippen LogP contribution in [0.2, 0.25) is 0 Å². The maximum absolute atomic E-state index is 5.58. The van der Waals surface area contributed by atoms with Gasteiger partial charge in [-0.25, -0.2) is 0 Å². The minimum absolute atomic E-state index is 0.866. The highest BCUT2D eigenvalue weighted by molar-refractivity contribution is 5.18. The fourth-order valence-electron chi connectivity index (χ4n) is 9.29. The lowest BCUT2D eigenvalue weighted by atomic mass is 10.0. The summed E-state index contributed by atoms with van der Waals surface area (Å²) in [5.74, 6) is 0. The molecular weight excluding hydrogens is 693 g/mol. The molecule has 0 bridgehead atoms. The minimum atomic E-state index is 0.866. The van der Waals surface area contributed by atoms with Crippen LogP contribution in [0.25, 0.3) is 0 Å². The molecule has 2 unspecified atom stereocenters. The Hall–Kier alpha value is -1.20. The summed E-state index contributed by atoms with van der Waals surface area (Å²) in [7, 11) is 0. The molecule has 2 atom stereocenters. The molecule has 6 N–H and O–H groups in total. The molecule has 2 heterocycles. The van der Waals surface area contributed by atoms with E-state index in [-0.39, 0.29) is 0 Å². The van der Waals surface area contributed by atoms with E-state index in [0.717, 1.165) is 13.1 Å². The first-order valence-corrected chi connectivity index (χ1v) is 26.1. The smallest absolute Gasteiger partial charge is 0.103 e.